The summed E-state index contributed by atoms with van der Waals surface area (Å²) in [6, 6.07) is 11.3. The first-order valence-electron chi connectivity index (χ1n) is 10.9. The Hall–Kier alpha value is -1.57. The maximum absolute atomic E-state index is 2.44. The van der Waals surface area contributed by atoms with Crippen LogP contribution in [0.25, 0.3) is 11.4 Å². The van der Waals surface area contributed by atoms with Gasteiger partial charge in [-0.3, -0.25) is 0 Å². The molecule has 0 N–H and O–H groups in total. The molecule has 0 spiro atoms. The van der Waals surface area contributed by atoms with Gasteiger partial charge in [-0.25, -0.2) is 9.13 Å². The summed E-state index contributed by atoms with van der Waals surface area (Å²) in [5.74, 6) is 1.34. The molecule has 0 aliphatic heterocycles. The predicted molar refractivity (Wildman–Crippen MR) is 112 cm³/mol. The minimum Gasteiger partial charge on any atom is -0.230 e. The van der Waals surface area contributed by atoms with Crippen LogP contribution in [0.2, 0.25) is 0 Å². The molecule has 1 heterocycles. The maximum atomic E-state index is 2.44. The first-order chi connectivity index (χ1) is 12.7. The van der Waals surface area contributed by atoms with E-state index in [1.54, 1.807) is 0 Å². The first kappa shape index (κ1) is 20.7. The third-order valence-electron chi connectivity index (χ3n) is 5.26. The van der Waals surface area contributed by atoms with Gasteiger partial charge in [-0.1, -0.05) is 76.5 Å². The SMILES string of the molecule is CCCCCCCCCCCC[n+]1ccn(C(C)C)c1-c1ccccc1. The van der Waals surface area contributed by atoms with Crippen molar-refractivity contribution in [3.8, 4) is 11.4 Å². The molecule has 0 radical (unpaired) electrons. The van der Waals surface area contributed by atoms with Crippen LogP contribution in [0.5, 0.6) is 0 Å². The number of aromatic nitrogens is 2. The van der Waals surface area contributed by atoms with Crippen molar-refractivity contribution in [2.75, 3.05) is 0 Å². The molecule has 0 atom stereocenters. The number of unbranched alkanes of at least 4 members (excludes halogenated alkanes) is 9. The normalized spacial score (nSPS) is 11.4. The van der Waals surface area contributed by atoms with Crippen LogP contribution in [0.15, 0.2) is 42.7 Å². The Morgan fingerprint density at radius 3 is 1.96 bits per heavy atom. The van der Waals surface area contributed by atoms with E-state index in [1.807, 2.05) is 0 Å². The highest BCUT2D eigenvalue weighted by Gasteiger charge is 2.20. The summed E-state index contributed by atoms with van der Waals surface area (Å²) in [5, 5.41) is 0. The molecule has 0 saturated carbocycles. The van der Waals surface area contributed by atoms with Gasteiger partial charge in [-0.05, 0) is 38.8 Å². The van der Waals surface area contributed by atoms with Gasteiger partial charge in [0.1, 0.15) is 12.4 Å². The Kier molecular flexibility index (Phi) is 9.52. The Labute approximate surface area is 161 Å². The summed E-state index contributed by atoms with van der Waals surface area (Å²) in [5.41, 5.74) is 1.32. The lowest BCUT2D eigenvalue weighted by Crippen LogP contribution is -2.35. The second-order valence-electron chi connectivity index (χ2n) is 7.86. The number of aryl methyl sites for hydroxylation is 1. The zero-order valence-electron chi connectivity index (χ0n) is 17.3. The van der Waals surface area contributed by atoms with Gasteiger partial charge in [0.2, 0.25) is 0 Å². The lowest BCUT2D eigenvalue weighted by Gasteiger charge is -2.08. The molecule has 26 heavy (non-hydrogen) atoms. The molecule has 0 saturated heterocycles. The molecule has 1 aromatic carbocycles. The van der Waals surface area contributed by atoms with Crippen LogP contribution in [-0.2, 0) is 6.54 Å². The number of nitrogens with zero attached hydrogens (tertiary/aromatic N) is 2. The van der Waals surface area contributed by atoms with E-state index in [2.05, 4.69) is 72.6 Å². The molecule has 2 aromatic rings. The Morgan fingerprint density at radius 2 is 1.38 bits per heavy atom. The van der Waals surface area contributed by atoms with E-state index >= 15 is 0 Å². The Morgan fingerprint density at radius 1 is 0.808 bits per heavy atom. The summed E-state index contributed by atoms with van der Waals surface area (Å²) in [7, 11) is 0. The van der Waals surface area contributed by atoms with Crippen LogP contribution in [-0.4, -0.2) is 4.57 Å². The van der Waals surface area contributed by atoms with Crippen molar-refractivity contribution >= 4 is 0 Å². The number of imidazole rings is 1. The van der Waals surface area contributed by atoms with Gasteiger partial charge >= 0.3 is 0 Å². The quantitative estimate of drug-likeness (QED) is 0.272. The molecular formula is C24H39N2+. The number of rotatable bonds is 13. The average Bonchev–Trinajstić information content (AvgIpc) is 3.08. The molecule has 2 heteroatoms. The Balaban J connectivity index is 1.76. The standard InChI is InChI=1S/C24H39N2/c1-4-5-6-7-8-9-10-11-12-16-19-25-20-21-26(22(2)3)24(25)23-17-14-13-15-18-23/h13-15,17-18,20-22H,4-12,16,19H2,1-3H3/q+1. The molecule has 0 amide bonds. The molecule has 0 aliphatic carbocycles. The molecular weight excluding hydrogens is 316 g/mol. The van der Waals surface area contributed by atoms with Crippen molar-refractivity contribution in [1.82, 2.24) is 4.57 Å². The fraction of sp³-hybridized carbons (Fsp3) is 0.625. The van der Waals surface area contributed by atoms with Gasteiger partial charge in [-0.2, -0.15) is 0 Å². The summed E-state index contributed by atoms with van der Waals surface area (Å²) < 4.78 is 4.84. The van der Waals surface area contributed by atoms with Crippen LogP contribution >= 0.6 is 0 Å². The van der Waals surface area contributed by atoms with Crippen LogP contribution < -0.4 is 4.57 Å². The summed E-state index contributed by atoms with van der Waals surface area (Å²) >= 11 is 0. The maximum Gasteiger partial charge on any atom is 0.289 e. The molecule has 1 aromatic heterocycles. The smallest absolute Gasteiger partial charge is 0.230 e. The zero-order chi connectivity index (χ0) is 18.6. The molecule has 0 fully saturated rings. The van der Waals surface area contributed by atoms with Gasteiger partial charge in [0.05, 0.1) is 18.2 Å². The van der Waals surface area contributed by atoms with Crippen LogP contribution in [0.3, 0.4) is 0 Å². The van der Waals surface area contributed by atoms with Crippen molar-refractivity contribution in [2.45, 2.75) is 97.6 Å². The van der Waals surface area contributed by atoms with Crippen molar-refractivity contribution < 1.29 is 4.57 Å². The summed E-state index contributed by atoms with van der Waals surface area (Å²) in [6.45, 7) is 7.94. The second-order valence-corrected chi connectivity index (χ2v) is 7.86. The fourth-order valence-corrected chi connectivity index (χ4v) is 3.71. The largest absolute Gasteiger partial charge is 0.289 e. The van der Waals surface area contributed by atoms with E-state index in [-0.39, 0.29) is 0 Å². The summed E-state index contributed by atoms with van der Waals surface area (Å²) in [6.07, 6.45) is 18.4. The highest BCUT2D eigenvalue weighted by atomic mass is 15.2. The van der Waals surface area contributed by atoms with E-state index in [0.717, 1.165) is 6.54 Å². The fourth-order valence-electron chi connectivity index (χ4n) is 3.71. The zero-order valence-corrected chi connectivity index (χ0v) is 17.3. The molecule has 0 unspecified atom stereocenters. The van der Waals surface area contributed by atoms with E-state index in [1.165, 1.54) is 75.6 Å². The first-order valence-corrected chi connectivity index (χ1v) is 10.9. The van der Waals surface area contributed by atoms with Gasteiger partial charge in [0, 0.05) is 0 Å². The van der Waals surface area contributed by atoms with E-state index < -0.39 is 0 Å². The van der Waals surface area contributed by atoms with Crippen molar-refractivity contribution in [3.05, 3.63) is 42.7 Å². The van der Waals surface area contributed by atoms with Gasteiger partial charge < -0.3 is 0 Å². The molecule has 2 rings (SSSR count). The predicted octanol–water partition coefficient (Wildman–Crippen LogP) is 6.94. The van der Waals surface area contributed by atoms with Gasteiger partial charge in [-0.15, -0.1) is 0 Å². The third-order valence-corrected chi connectivity index (χ3v) is 5.26. The molecule has 2 nitrogen and oxygen atoms in total. The second kappa shape index (κ2) is 11.9. The molecule has 0 aliphatic rings. The van der Waals surface area contributed by atoms with Crippen molar-refractivity contribution in [1.29, 1.82) is 0 Å². The number of benzene rings is 1. The minimum atomic E-state index is 0.485. The number of hydrogen-bond donors (Lipinski definition) is 0. The van der Waals surface area contributed by atoms with E-state index in [4.69, 9.17) is 0 Å². The average molecular weight is 356 g/mol. The topological polar surface area (TPSA) is 8.81 Å². The van der Waals surface area contributed by atoms with Crippen LogP contribution in [0, 0.1) is 0 Å². The Bertz CT molecular complexity index is 598. The van der Waals surface area contributed by atoms with Crippen molar-refractivity contribution in [2.24, 2.45) is 0 Å². The van der Waals surface area contributed by atoms with Crippen molar-refractivity contribution in [3.63, 3.8) is 0 Å². The minimum absolute atomic E-state index is 0.485. The van der Waals surface area contributed by atoms with Crippen LogP contribution in [0.1, 0.15) is 91.0 Å². The highest BCUT2D eigenvalue weighted by molar-refractivity contribution is 5.52. The summed E-state index contributed by atoms with van der Waals surface area (Å²) in [4.78, 5) is 0. The van der Waals surface area contributed by atoms with Gasteiger partial charge in [0.25, 0.3) is 5.82 Å². The molecule has 144 valence electrons. The monoisotopic (exact) mass is 355 g/mol. The van der Waals surface area contributed by atoms with Crippen LogP contribution in [0.4, 0.5) is 0 Å². The third kappa shape index (κ3) is 6.63. The molecule has 0 bridgehead atoms. The number of hydrogen-bond acceptors (Lipinski definition) is 0. The van der Waals surface area contributed by atoms with E-state index in [0.29, 0.717) is 6.04 Å². The lowest BCUT2D eigenvalue weighted by molar-refractivity contribution is -0.686. The van der Waals surface area contributed by atoms with Gasteiger partial charge in [0.15, 0.2) is 0 Å². The van der Waals surface area contributed by atoms with E-state index in [9.17, 15) is 0 Å². The highest BCUT2D eigenvalue weighted by Crippen LogP contribution is 2.20. The lowest BCUT2D eigenvalue weighted by atomic mass is 10.1.